The Morgan fingerprint density at radius 2 is 2.20 bits per heavy atom. The third kappa shape index (κ3) is 2.00. The molecule has 2 nitrogen and oxygen atoms in total. The summed E-state index contributed by atoms with van der Waals surface area (Å²) >= 11 is 9.96. The molecule has 0 aliphatic heterocycles. The van der Waals surface area contributed by atoms with Crippen LogP contribution in [0.2, 0.25) is 5.02 Å². The van der Waals surface area contributed by atoms with Crippen LogP contribution in [0.15, 0.2) is 32.8 Å². The minimum absolute atomic E-state index is 0.00363. The van der Waals surface area contributed by atoms with Gasteiger partial charge in [0.05, 0.1) is 15.2 Å². The molecule has 0 saturated carbocycles. The van der Waals surface area contributed by atoms with E-state index < -0.39 is 5.82 Å². The second-order valence-electron chi connectivity index (χ2n) is 2.77. The molecule has 0 fully saturated rings. The van der Waals surface area contributed by atoms with Crippen molar-refractivity contribution >= 4 is 39.1 Å². The highest BCUT2D eigenvalue weighted by Crippen LogP contribution is 2.20. The van der Waals surface area contributed by atoms with Crippen molar-refractivity contribution in [3.63, 3.8) is 0 Å². The van der Waals surface area contributed by atoms with E-state index in [1.165, 1.54) is 33.7 Å². The first-order chi connectivity index (χ1) is 7.09. The summed E-state index contributed by atoms with van der Waals surface area (Å²) in [6, 6.07) is 4.16. The van der Waals surface area contributed by atoms with Crippen molar-refractivity contribution < 1.29 is 4.39 Å². The summed E-state index contributed by atoms with van der Waals surface area (Å²) in [6.07, 6.45) is 0. The molecular formula is C9H4BrClFNOS. The Morgan fingerprint density at radius 3 is 2.73 bits per heavy atom. The van der Waals surface area contributed by atoms with Gasteiger partial charge in [-0.2, -0.15) is 0 Å². The number of rotatable bonds is 1. The van der Waals surface area contributed by atoms with Crippen LogP contribution >= 0.6 is 39.1 Å². The molecule has 2 aromatic rings. The second-order valence-corrected chi connectivity index (χ2v) is 4.84. The average molecular weight is 309 g/mol. The first-order valence-electron chi connectivity index (χ1n) is 3.91. The van der Waals surface area contributed by atoms with Gasteiger partial charge in [0.25, 0.3) is 5.56 Å². The second kappa shape index (κ2) is 4.08. The summed E-state index contributed by atoms with van der Waals surface area (Å²) in [4.78, 5) is 11.6. The fourth-order valence-corrected chi connectivity index (χ4v) is 2.53. The predicted octanol–water partition coefficient (Wildman–Crippen LogP) is 3.45. The lowest BCUT2D eigenvalue weighted by Gasteiger charge is -2.01. The van der Waals surface area contributed by atoms with Gasteiger partial charge in [-0.25, -0.2) is 8.35 Å². The minimum atomic E-state index is -0.496. The van der Waals surface area contributed by atoms with Crippen molar-refractivity contribution in [1.29, 1.82) is 0 Å². The maximum atomic E-state index is 12.9. The zero-order valence-electron chi connectivity index (χ0n) is 7.21. The predicted molar refractivity (Wildman–Crippen MR) is 62.6 cm³/mol. The average Bonchev–Trinajstić information content (AvgIpc) is 2.53. The Kier molecular flexibility index (Phi) is 2.95. The summed E-state index contributed by atoms with van der Waals surface area (Å²) in [5.41, 5.74) is 0.379. The maximum absolute atomic E-state index is 12.9. The molecule has 0 amide bonds. The van der Waals surface area contributed by atoms with Gasteiger partial charge in [-0.3, -0.25) is 4.79 Å². The van der Waals surface area contributed by atoms with E-state index >= 15 is 0 Å². The Balaban J connectivity index is 2.60. The lowest BCUT2D eigenvalue weighted by atomic mass is 10.3. The van der Waals surface area contributed by atoms with E-state index in [-0.39, 0.29) is 10.6 Å². The zero-order chi connectivity index (χ0) is 11.0. The van der Waals surface area contributed by atoms with Crippen molar-refractivity contribution in [1.82, 2.24) is 3.96 Å². The van der Waals surface area contributed by atoms with Gasteiger partial charge >= 0.3 is 0 Å². The quantitative estimate of drug-likeness (QED) is 0.791. The van der Waals surface area contributed by atoms with Crippen LogP contribution in [0.1, 0.15) is 0 Å². The highest BCUT2D eigenvalue weighted by molar-refractivity contribution is 9.10. The van der Waals surface area contributed by atoms with Crippen LogP contribution in [0.5, 0.6) is 0 Å². The summed E-state index contributed by atoms with van der Waals surface area (Å²) in [5.74, 6) is -0.496. The van der Waals surface area contributed by atoms with Crippen LogP contribution in [0.4, 0.5) is 4.39 Å². The molecule has 0 aliphatic rings. The molecule has 0 saturated heterocycles. The standard InChI is InChI=1S/C9H4BrClFNOS/c10-6-4-15-13(9(6)14)5-1-2-8(12)7(11)3-5/h1-4H. The van der Waals surface area contributed by atoms with Crippen LogP contribution in [-0.4, -0.2) is 3.96 Å². The number of halogens is 3. The van der Waals surface area contributed by atoms with Crippen LogP contribution in [-0.2, 0) is 0 Å². The number of benzene rings is 1. The maximum Gasteiger partial charge on any atom is 0.279 e. The molecule has 1 aromatic carbocycles. The van der Waals surface area contributed by atoms with Crippen molar-refractivity contribution in [3.05, 3.63) is 49.2 Å². The molecule has 15 heavy (non-hydrogen) atoms. The highest BCUT2D eigenvalue weighted by Gasteiger charge is 2.07. The molecule has 0 spiro atoms. The summed E-state index contributed by atoms with van der Waals surface area (Å²) < 4.78 is 14.8. The SMILES string of the molecule is O=c1c(Br)csn1-c1ccc(F)c(Cl)c1. The van der Waals surface area contributed by atoms with Crippen LogP contribution < -0.4 is 5.56 Å². The molecule has 6 heteroatoms. The highest BCUT2D eigenvalue weighted by atomic mass is 79.9. The molecule has 0 aliphatic carbocycles. The van der Waals surface area contributed by atoms with E-state index in [9.17, 15) is 9.18 Å². The van der Waals surface area contributed by atoms with E-state index in [2.05, 4.69) is 15.9 Å². The lowest BCUT2D eigenvalue weighted by molar-refractivity contribution is 0.628. The van der Waals surface area contributed by atoms with Crippen LogP contribution in [0.3, 0.4) is 0 Å². The molecule has 1 heterocycles. The van der Waals surface area contributed by atoms with Crippen molar-refractivity contribution in [2.24, 2.45) is 0 Å². The van der Waals surface area contributed by atoms with E-state index in [1.54, 1.807) is 5.38 Å². The minimum Gasteiger partial charge on any atom is -0.267 e. The number of aromatic nitrogens is 1. The van der Waals surface area contributed by atoms with E-state index in [0.717, 1.165) is 0 Å². The van der Waals surface area contributed by atoms with Crippen LogP contribution in [0, 0.1) is 5.82 Å². The van der Waals surface area contributed by atoms with Crippen molar-refractivity contribution in [2.45, 2.75) is 0 Å². The van der Waals surface area contributed by atoms with Gasteiger partial charge in [0, 0.05) is 5.38 Å². The van der Waals surface area contributed by atoms with E-state index in [4.69, 9.17) is 11.6 Å². The van der Waals surface area contributed by atoms with E-state index in [1.807, 2.05) is 0 Å². The smallest absolute Gasteiger partial charge is 0.267 e. The van der Waals surface area contributed by atoms with Gasteiger partial charge < -0.3 is 0 Å². The van der Waals surface area contributed by atoms with E-state index in [0.29, 0.717) is 10.2 Å². The third-order valence-electron chi connectivity index (χ3n) is 1.79. The first-order valence-corrected chi connectivity index (χ1v) is 5.92. The number of nitrogens with zero attached hydrogens (tertiary/aromatic N) is 1. The summed E-state index contributed by atoms with van der Waals surface area (Å²) in [5, 5.41) is 1.67. The van der Waals surface area contributed by atoms with Gasteiger partial charge in [0.2, 0.25) is 0 Å². The number of hydrogen-bond donors (Lipinski definition) is 0. The number of hydrogen-bond acceptors (Lipinski definition) is 2. The molecule has 1 aromatic heterocycles. The lowest BCUT2D eigenvalue weighted by Crippen LogP contribution is -2.11. The van der Waals surface area contributed by atoms with Crippen molar-refractivity contribution in [3.8, 4) is 5.69 Å². The molecule has 0 bridgehead atoms. The molecule has 0 atom stereocenters. The van der Waals surface area contributed by atoms with Crippen LogP contribution in [0.25, 0.3) is 5.69 Å². The Labute approximate surface area is 102 Å². The first kappa shape index (κ1) is 10.9. The normalized spacial score (nSPS) is 10.6. The fraction of sp³-hybridized carbons (Fsp3) is 0. The van der Waals surface area contributed by atoms with Gasteiger partial charge in [-0.1, -0.05) is 23.1 Å². The molecule has 2 rings (SSSR count). The molecule has 0 N–H and O–H groups in total. The summed E-state index contributed by atoms with van der Waals surface area (Å²) in [6.45, 7) is 0. The zero-order valence-corrected chi connectivity index (χ0v) is 10.4. The van der Waals surface area contributed by atoms with Crippen molar-refractivity contribution in [2.75, 3.05) is 0 Å². The molecular weight excluding hydrogens is 305 g/mol. The Morgan fingerprint density at radius 1 is 1.47 bits per heavy atom. The topological polar surface area (TPSA) is 22.0 Å². The Hall–Kier alpha value is -0.650. The molecule has 0 unspecified atom stereocenters. The van der Waals surface area contributed by atoms with Gasteiger partial charge in [-0.15, -0.1) is 0 Å². The van der Waals surface area contributed by atoms with Gasteiger partial charge in [-0.05, 0) is 34.1 Å². The fourth-order valence-electron chi connectivity index (χ4n) is 1.08. The third-order valence-corrected chi connectivity index (χ3v) is 3.88. The molecule has 78 valence electrons. The largest absolute Gasteiger partial charge is 0.279 e. The van der Waals surface area contributed by atoms with Gasteiger partial charge in [0.15, 0.2) is 0 Å². The van der Waals surface area contributed by atoms with Gasteiger partial charge in [0.1, 0.15) is 5.82 Å². The summed E-state index contributed by atoms with van der Waals surface area (Å²) in [7, 11) is 0. The Bertz CT molecular complexity index is 565. The monoisotopic (exact) mass is 307 g/mol. The molecule has 0 radical (unpaired) electrons.